The fourth-order valence-corrected chi connectivity index (χ4v) is 3.50. The number of ether oxygens (including phenoxy) is 1. The SMILES string of the molecule is C[C@@H]1C[C@H]2C=C[C@@H]2/C=C\C=C\C(O)Cc2c(Cl)c(O)cc(O)c2C(=O)O1. The van der Waals surface area contributed by atoms with Crippen LogP contribution in [0.5, 0.6) is 11.5 Å². The average molecular weight is 377 g/mol. The summed E-state index contributed by atoms with van der Waals surface area (Å²) in [6, 6.07) is 1.01. The Hall–Kier alpha value is -2.24. The minimum atomic E-state index is -0.946. The Kier molecular flexibility index (Phi) is 5.39. The number of aliphatic hydroxyl groups excluding tert-OH is 1. The van der Waals surface area contributed by atoms with Crippen molar-refractivity contribution in [3.8, 4) is 11.5 Å². The van der Waals surface area contributed by atoms with E-state index in [0.717, 1.165) is 6.07 Å². The van der Waals surface area contributed by atoms with Crippen LogP contribution in [0.3, 0.4) is 0 Å². The number of halogens is 1. The lowest BCUT2D eigenvalue weighted by molar-refractivity contribution is 0.0285. The van der Waals surface area contributed by atoms with Crippen molar-refractivity contribution in [2.24, 2.45) is 11.8 Å². The molecule has 6 heteroatoms. The third-order valence-corrected chi connectivity index (χ3v) is 5.13. The van der Waals surface area contributed by atoms with Gasteiger partial charge < -0.3 is 20.1 Å². The Morgan fingerprint density at radius 3 is 2.54 bits per heavy atom. The highest BCUT2D eigenvalue weighted by atomic mass is 35.5. The molecule has 5 nitrogen and oxygen atoms in total. The first-order chi connectivity index (χ1) is 12.4. The third-order valence-electron chi connectivity index (χ3n) is 4.70. The normalized spacial score (nSPS) is 31.0. The number of rotatable bonds is 0. The summed E-state index contributed by atoms with van der Waals surface area (Å²) in [6.07, 6.45) is 10.7. The van der Waals surface area contributed by atoms with Crippen molar-refractivity contribution >= 4 is 17.6 Å². The van der Waals surface area contributed by atoms with Gasteiger partial charge in [0, 0.05) is 18.4 Å². The number of hydrogen-bond donors (Lipinski definition) is 3. The van der Waals surface area contributed by atoms with Crippen LogP contribution in [0.1, 0.15) is 29.3 Å². The monoisotopic (exact) mass is 376 g/mol. The molecule has 1 aliphatic carbocycles. The molecule has 3 rings (SSSR count). The zero-order valence-electron chi connectivity index (χ0n) is 14.3. The number of carbonyl (C=O) groups is 1. The van der Waals surface area contributed by atoms with Gasteiger partial charge in [0.05, 0.1) is 17.2 Å². The molecule has 0 radical (unpaired) electrons. The van der Waals surface area contributed by atoms with Gasteiger partial charge in [-0.1, -0.05) is 48.1 Å². The molecular weight excluding hydrogens is 356 g/mol. The van der Waals surface area contributed by atoms with E-state index in [1.165, 1.54) is 0 Å². The first-order valence-electron chi connectivity index (χ1n) is 8.52. The lowest BCUT2D eigenvalue weighted by Crippen LogP contribution is -2.25. The number of carbonyl (C=O) groups excluding carboxylic acids is 1. The molecule has 0 saturated carbocycles. The maximum absolute atomic E-state index is 12.6. The summed E-state index contributed by atoms with van der Waals surface area (Å²) in [5, 5.41) is 30.2. The first-order valence-corrected chi connectivity index (χ1v) is 8.90. The second-order valence-corrected chi connectivity index (χ2v) is 7.08. The second kappa shape index (κ2) is 7.56. The zero-order valence-corrected chi connectivity index (χ0v) is 15.1. The molecular formula is C20H21ClO5. The summed E-state index contributed by atoms with van der Waals surface area (Å²) in [4.78, 5) is 12.6. The first kappa shape index (κ1) is 18.5. The number of phenolic OH excluding ortho intramolecular Hbond substituents is 2. The van der Waals surface area contributed by atoms with Crippen LogP contribution >= 0.6 is 11.6 Å². The molecule has 3 N–H and O–H groups in total. The smallest absolute Gasteiger partial charge is 0.342 e. The van der Waals surface area contributed by atoms with Crippen molar-refractivity contribution in [2.45, 2.75) is 32.0 Å². The number of aromatic hydroxyl groups is 2. The number of hydrogen-bond acceptors (Lipinski definition) is 5. The Bertz CT molecular complexity index is 796. The van der Waals surface area contributed by atoms with Gasteiger partial charge in [0.25, 0.3) is 0 Å². The molecule has 0 fully saturated rings. The minimum Gasteiger partial charge on any atom is -0.507 e. The Morgan fingerprint density at radius 2 is 1.85 bits per heavy atom. The molecule has 4 atom stereocenters. The summed E-state index contributed by atoms with van der Waals surface area (Å²) < 4.78 is 5.49. The number of cyclic esters (lactones) is 1. The summed E-state index contributed by atoms with van der Waals surface area (Å²) in [5.74, 6) is -0.970. The average Bonchev–Trinajstić information content (AvgIpc) is 2.55. The lowest BCUT2D eigenvalue weighted by atomic mass is 9.78. The van der Waals surface area contributed by atoms with Gasteiger partial charge in [-0.2, -0.15) is 0 Å². The van der Waals surface area contributed by atoms with E-state index >= 15 is 0 Å². The van der Waals surface area contributed by atoms with Gasteiger partial charge in [-0.05, 0) is 24.8 Å². The number of esters is 1. The van der Waals surface area contributed by atoms with Gasteiger partial charge in [0.1, 0.15) is 17.1 Å². The molecule has 0 aromatic heterocycles. The van der Waals surface area contributed by atoms with E-state index in [9.17, 15) is 20.1 Å². The molecule has 0 bridgehead atoms. The lowest BCUT2D eigenvalue weighted by Gasteiger charge is -2.29. The highest BCUT2D eigenvalue weighted by molar-refractivity contribution is 6.33. The Morgan fingerprint density at radius 1 is 1.12 bits per heavy atom. The molecule has 1 heterocycles. The number of aliphatic hydroxyl groups is 1. The molecule has 0 spiro atoms. The number of phenols is 2. The maximum atomic E-state index is 12.6. The van der Waals surface area contributed by atoms with E-state index in [4.69, 9.17) is 16.3 Å². The van der Waals surface area contributed by atoms with Crippen LogP contribution in [-0.4, -0.2) is 33.5 Å². The van der Waals surface area contributed by atoms with E-state index < -0.39 is 17.8 Å². The van der Waals surface area contributed by atoms with E-state index in [0.29, 0.717) is 6.42 Å². The fraction of sp³-hybridized carbons (Fsp3) is 0.350. The van der Waals surface area contributed by atoms with Gasteiger partial charge in [0.2, 0.25) is 0 Å². The van der Waals surface area contributed by atoms with E-state index in [-0.39, 0.29) is 46.3 Å². The standard InChI is InChI=1S/C20H21ClO5/c1-11-8-13-7-6-12(13)4-2-3-5-14(22)9-15-18(20(25)26-11)16(23)10-17(24)19(15)21/h2-7,10-14,22-24H,8-9H2,1H3/b4-2-,5-3+/t11-,12+,13-,14?/m1/s1. The van der Waals surface area contributed by atoms with Gasteiger partial charge in [-0.3, -0.25) is 0 Å². The van der Waals surface area contributed by atoms with Crippen LogP contribution < -0.4 is 0 Å². The topological polar surface area (TPSA) is 87.0 Å². The van der Waals surface area contributed by atoms with Crippen LogP contribution in [-0.2, 0) is 11.2 Å². The quantitative estimate of drug-likeness (QED) is 0.476. The Labute approximate surface area is 156 Å². The molecule has 1 aliphatic heterocycles. The van der Waals surface area contributed by atoms with Crippen molar-refractivity contribution < 1.29 is 24.9 Å². The van der Waals surface area contributed by atoms with Gasteiger partial charge >= 0.3 is 5.97 Å². The third kappa shape index (κ3) is 3.79. The summed E-state index contributed by atoms with van der Waals surface area (Å²) in [7, 11) is 0. The van der Waals surface area contributed by atoms with Crippen LogP contribution in [0, 0.1) is 11.8 Å². The number of fused-ring (bicyclic) bond motifs is 2. The number of allylic oxidation sites excluding steroid dienone is 5. The maximum Gasteiger partial charge on any atom is 0.342 e. The van der Waals surface area contributed by atoms with Crippen molar-refractivity contribution in [3.63, 3.8) is 0 Å². The largest absolute Gasteiger partial charge is 0.507 e. The predicted octanol–water partition coefficient (Wildman–Crippen LogP) is 3.52. The molecule has 2 aliphatic rings. The molecule has 138 valence electrons. The van der Waals surface area contributed by atoms with E-state index in [1.807, 2.05) is 12.2 Å². The zero-order chi connectivity index (χ0) is 18.8. The molecule has 1 unspecified atom stereocenters. The van der Waals surface area contributed by atoms with Crippen LogP contribution in [0.2, 0.25) is 5.02 Å². The Balaban J connectivity index is 2.01. The molecule has 1 aromatic rings. The van der Waals surface area contributed by atoms with Gasteiger partial charge in [-0.15, -0.1) is 0 Å². The molecule has 1 aromatic carbocycles. The fourth-order valence-electron chi connectivity index (χ4n) is 3.28. The molecule has 0 saturated heterocycles. The molecule has 0 amide bonds. The summed E-state index contributed by atoms with van der Waals surface area (Å²) in [5.41, 5.74) is 0.0291. The highest BCUT2D eigenvalue weighted by Crippen LogP contribution is 2.38. The van der Waals surface area contributed by atoms with E-state index in [1.54, 1.807) is 19.1 Å². The summed E-state index contributed by atoms with van der Waals surface area (Å²) >= 11 is 6.13. The van der Waals surface area contributed by atoms with Crippen molar-refractivity contribution in [3.05, 3.63) is 58.7 Å². The van der Waals surface area contributed by atoms with Gasteiger partial charge in [0.15, 0.2) is 0 Å². The van der Waals surface area contributed by atoms with Crippen molar-refractivity contribution in [1.82, 2.24) is 0 Å². The van der Waals surface area contributed by atoms with E-state index in [2.05, 4.69) is 12.2 Å². The second-order valence-electron chi connectivity index (χ2n) is 6.70. The van der Waals surface area contributed by atoms with Crippen molar-refractivity contribution in [2.75, 3.05) is 0 Å². The van der Waals surface area contributed by atoms with Crippen molar-refractivity contribution in [1.29, 1.82) is 0 Å². The van der Waals surface area contributed by atoms with Crippen LogP contribution in [0.25, 0.3) is 0 Å². The van der Waals surface area contributed by atoms with Gasteiger partial charge in [-0.25, -0.2) is 4.79 Å². The summed E-state index contributed by atoms with van der Waals surface area (Å²) in [6.45, 7) is 1.80. The predicted molar refractivity (Wildman–Crippen MR) is 98.4 cm³/mol. The van der Waals surface area contributed by atoms with Crippen LogP contribution in [0.15, 0.2) is 42.5 Å². The number of benzene rings is 1. The minimum absolute atomic E-state index is 0.0457. The molecule has 26 heavy (non-hydrogen) atoms. The van der Waals surface area contributed by atoms with Crippen LogP contribution in [0.4, 0.5) is 0 Å². The highest BCUT2D eigenvalue weighted by Gasteiger charge is 2.29.